The number of hydrogen-bond donors (Lipinski definition) is 1. The van der Waals surface area contributed by atoms with Gasteiger partial charge in [-0.1, -0.05) is 6.07 Å². The first-order chi connectivity index (χ1) is 9.31. The molecule has 1 rings (SSSR count). The van der Waals surface area contributed by atoms with Crippen molar-refractivity contribution in [3.05, 3.63) is 29.8 Å². The second-order valence-corrected chi connectivity index (χ2v) is 6.32. The van der Waals surface area contributed by atoms with Gasteiger partial charge in [-0.3, -0.25) is 0 Å². The summed E-state index contributed by atoms with van der Waals surface area (Å²) in [6.45, 7) is 0.0273. The highest BCUT2D eigenvalue weighted by Crippen LogP contribution is 2.28. The first kappa shape index (κ1) is 16.0. The number of methoxy groups -OCH3 is 1. The van der Waals surface area contributed by atoms with Crippen molar-refractivity contribution >= 4 is 21.9 Å². The molecular weight excluding hydrogens is 284 g/mol. The van der Waals surface area contributed by atoms with Crippen LogP contribution in [0.25, 0.3) is 6.08 Å². The van der Waals surface area contributed by atoms with E-state index >= 15 is 0 Å². The molecule has 0 amide bonds. The van der Waals surface area contributed by atoms with Crippen molar-refractivity contribution in [2.45, 2.75) is 0 Å². The molecule has 0 aliphatic carbocycles. The van der Waals surface area contributed by atoms with E-state index in [1.54, 1.807) is 18.2 Å². The highest BCUT2D eigenvalue weighted by atomic mass is 32.2. The summed E-state index contributed by atoms with van der Waals surface area (Å²) in [7, 11) is -1.63. The van der Waals surface area contributed by atoms with Gasteiger partial charge in [-0.05, 0) is 23.8 Å². The zero-order valence-electron chi connectivity index (χ0n) is 11.2. The molecule has 0 unspecified atom stereocenters. The van der Waals surface area contributed by atoms with Crippen molar-refractivity contribution in [2.75, 3.05) is 25.7 Å². The number of benzene rings is 1. The van der Waals surface area contributed by atoms with Gasteiger partial charge < -0.3 is 14.6 Å². The summed E-state index contributed by atoms with van der Waals surface area (Å²) < 4.78 is 32.5. The number of aliphatic carboxylic acids is 1. The van der Waals surface area contributed by atoms with E-state index in [2.05, 4.69) is 0 Å². The Kier molecular flexibility index (Phi) is 5.57. The Labute approximate surface area is 117 Å². The van der Waals surface area contributed by atoms with E-state index in [0.717, 1.165) is 12.3 Å². The average Bonchev–Trinajstić information content (AvgIpc) is 2.35. The fourth-order valence-electron chi connectivity index (χ4n) is 1.38. The quantitative estimate of drug-likeness (QED) is 0.761. The third-order valence-electron chi connectivity index (χ3n) is 2.32. The summed E-state index contributed by atoms with van der Waals surface area (Å²) in [5, 5.41) is 8.55. The fourth-order valence-corrected chi connectivity index (χ4v) is 1.76. The molecule has 0 aliphatic rings. The van der Waals surface area contributed by atoms with Crippen molar-refractivity contribution < 1.29 is 27.8 Å². The van der Waals surface area contributed by atoms with Gasteiger partial charge in [0.1, 0.15) is 6.61 Å². The van der Waals surface area contributed by atoms with E-state index < -0.39 is 15.8 Å². The molecule has 0 aliphatic heterocycles. The minimum Gasteiger partial charge on any atom is -0.493 e. The topological polar surface area (TPSA) is 89.9 Å². The molecule has 0 radical (unpaired) electrons. The molecule has 0 heterocycles. The van der Waals surface area contributed by atoms with Gasteiger partial charge in [-0.15, -0.1) is 0 Å². The molecule has 0 aromatic heterocycles. The summed E-state index contributed by atoms with van der Waals surface area (Å²) >= 11 is 0. The lowest BCUT2D eigenvalue weighted by Gasteiger charge is -2.10. The lowest BCUT2D eigenvalue weighted by molar-refractivity contribution is -0.131. The predicted molar refractivity (Wildman–Crippen MR) is 74.9 cm³/mol. The summed E-state index contributed by atoms with van der Waals surface area (Å²) in [4.78, 5) is 10.4. The van der Waals surface area contributed by atoms with Gasteiger partial charge in [-0.2, -0.15) is 0 Å². The lowest BCUT2D eigenvalue weighted by Crippen LogP contribution is -2.12. The molecular formula is C13H16O6S. The maximum absolute atomic E-state index is 11.0. The SMILES string of the molecule is COc1cc(/C=C/C(=O)O)ccc1OCCS(C)(=O)=O. The van der Waals surface area contributed by atoms with E-state index in [1.807, 2.05) is 0 Å². The Morgan fingerprint density at radius 3 is 2.60 bits per heavy atom. The van der Waals surface area contributed by atoms with E-state index in [4.69, 9.17) is 14.6 Å². The van der Waals surface area contributed by atoms with Crippen LogP contribution in [0.1, 0.15) is 5.56 Å². The third-order valence-corrected chi connectivity index (χ3v) is 3.23. The van der Waals surface area contributed by atoms with Crippen LogP contribution in [0.5, 0.6) is 11.5 Å². The smallest absolute Gasteiger partial charge is 0.328 e. The second-order valence-electron chi connectivity index (χ2n) is 4.06. The molecule has 1 aromatic carbocycles. The molecule has 0 spiro atoms. The van der Waals surface area contributed by atoms with Gasteiger partial charge in [0.2, 0.25) is 0 Å². The Morgan fingerprint density at radius 2 is 2.05 bits per heavy atom. The number of ether oxygens (including phenoxy) is 2. The van der Waals surface area contributed by atoms with Crippen LogP contribution in [0.3, 0.4) is 0 Å². The predicted octanol–water partition coefficient (Wildman–Crippen LogP) is 1.22. The van der Waals surface area contributed by atoms with Gasteiger partial charge in [0.05, 0.1) is 12.9 Å². The maximum atomic E-state index is 11.0. The van der Waals surface area contributed by atoms with Crippen LogP contribution < -0.4 is 9.47 Å². The monoisotopic (exact) mass is 300 g/mol. The number of sulfone groups is 1. The molecule has 0 bridgehead atoms. The molecule has 7 heteroatoms. The van der Waals surface area contributed by atoms with Gasteiger partial charge in [-0.25, -0.2) is 13.2 Å². The van der Waals surface area contributed by atoms with Crippen molar-refractivity contribution in [3.8, 4) is 11.5 Å². The molecule has 110 valence electrons. The fraction of sp³-hybridized carbons (Fsp3) is 0.308. The minimum absolute atomic E-state index is 0.0273. The molecule has 6 nitrogen and oxygen atoms in total. The summed E-state index contributed by atoms with van der Waals surface area (Å²) in [6.07, 6.45) is 3.57. The number of carbonyl (C=O) groups is 1. The Balaban J connectivity index is 2.80. The van der Waals surface area contributed by atoms with Gasteiger partial charge in [0.25, 0.3) is 0 Å². The zero-order valence-corrected chi connectivity index (χ0v) is 12.0. The summed E-state index contributed by atoms with van der Waals surface area (Å²) in [5.74, 6) is -0.316. The molecule has 1 aromatic rings. The van der Waals surface area contributed by atoms with Crippen molar-refractivity contribution in [1.29, 1.82) is 0 Å². The van der Waals surface area contributed by atoms with Gasteiger partial charge >= 0.3 is 5.97 Å². The number of rotatable bonds is 7. The van der Waals surface area contributed by atoms with Crippen LogP contribution in [-0.2, 0) is 14.6 Å². The van der Waals surface area contributed by atoms with E-state index in [1.165, 1.54) is 13.2 Å². The lowest BCUT2D eigenvalue weighted by atomic mass is 10.2. The number of carboxylic acid groups (broad SMARTS) is 1. The minimum atomic E-state index is -3.08. The molecule has 0 fully saturated rings. The molecule has 0 saturated carbocycles. The zero-order chi connectivity index (χ0) is 15.2. The van der Waals surface area contributed by atoms with Crippen LogP contribution in [0, 0.1) is 0 Å². The van der Waals surface area contributed by atoms with E-state index in [0.29, 0.717) is 17.1 Å². The summed E-state index contributed by atoms with van der Waals surface area (Å²) in [6, 6.07) is 4.86. The highest BCUT2D eigenvalue weighted by molar-refractivity contribution is 7.90. The van der Waals surface area contributed by atoms with Gasteiger partial charge in [0, 0.05) is 12.3 Å². The second kappa shape index (κ2) is 6.95. The molecule has 0 atom stereocenters. The first-order valence-corrected chi connectivity index (χ1v) is 7.77. The first-order valence-electron chi connectivity index (χ1n) is 5.71. The van der Waals surface area contributed by atoms with Crippen molar-refractivity contribution in [2.24, 2.45) is 0 Å². The number of carboxylic acids is 1. The Bertz CT molecular complexity index is 603. The largest absolute Gasteiger partial charge is 0.493 e. The van der Waals surface area contributed by atoms with Crippen LogP contribution in [0.2, 0.25) is 0 Å². The van der Waals surface area contributed by atoms with Crippen LogP contribution in [-0.4, -0.2) is 45.2 Å². The molecule has 20 heavy (non-hydrogen) atoms. The molecule has 0 saturated heterocycles. The van der Waals surface area contributed by atoms with Crippen LogP contribution in [0.15, 0.2) is 24.3 Å². The standard InChI is InChI=1S/C13H16O6S/c1-18-12-9-10(4-6-13(14)15)3-5-11(12)19-7-8-20(2,16)17/h3-6,9H,7-8H2,1-2H3,(H,14,15)/b6-4+. The van der Waals surface area contributed by atoms with Crippen LogP contribution in [0.4, 0.5) is 0 Å². The van der Waals surface area contributed by atoms with E-state index in [-0.39, 0.29) is 12.4 Å². The normalized spacial score (nSPS) is 11.5. The van der Waals surface area contributed by atoms with Gasteiger partial charge in [0.15, 0.2) is 21.3 Å². The van der Waals surface area contributed by atoms with E-state index in [9.17, 15) is 13.2 Å². The van der Waals surface area contributed by atoms with Crippen molar-refractivity contribution in [3.63, 3.8) is 0 Å². The Hall–Kier alpha value is -2.02. The maximum Gasteiger partial charge on any atom is 0.328 e. The number of hydrogen-bond acceptors (Lipinski definition) is 5. The Morgan fingerprint density at radius 1 is 1.35 bits per heavy atom. The average molecular weight is 300 g/mol. The van der Waals surface area contributed by atoms with Crippen molar-refractivity contribution in [1.82, 2.24) is 0 Å². The third kappa shape index (κ3) is 5.75. The van der Waals surface area contributed by atoms with Crippen LogP contribution >= 0.6 is 0 Å². The molecule has 1 N–H and O–H groups in total. The highest BCUT2D eigenvalue weighted by Gasteiger charge is 2.07. The summed E-state index contributed by atoms with van der Waals surface area (Å²) in [5.41, 5.74) is 0.639.